The average Bonchev–Trinajstić information content (AvgIpc) is 1.96. The van der Waals surface area contributed by atoms with Crippen molar-refractivity contribution in [1.82, 2.24) is 4.98 Å². The third-order valence-electron chi connectivity index (χ3n) is 0.566. The Morgan fingerprint density at radius 1 is 1.00 bits per heavy atom. The molecule has 1 heterocycles. The number of aromatic nitrogens is 1. The zero-order chi connectivity index (χ0) is 6.24. The van der Waals surface area contributed by atoms with Gasteiger partial charge in [-0.2, -0.15) is 0 Å². The first kappa shape index (κ1) is 8.15. The summed E-state index contributed by atoms with van der Waals surface area (Å²) in [6.07, 6.45) is 3.50. The van der Waals surface area contributed by atoms with Crippen LogP contribution in [0.5, 0.6) is 0 Å². The van der Waals surface area contributed by atoms with Crippen LogP contribution >= 0.6 is 14.1 Å². The zero-order valence-electron chi connectivity index (χ0n) is 4.09. The molecule has 0 saturated carbocycles. The molecule has 0 unspecified atom stereocenters. The molecule has 0 amide bonds. The fraction of sp³-hybridized carbons (Fsp3) is 0. The maximum absolute atomic E-state index is 3.78. The molecule has 1 nitrogen and oxygen atoms in total. The Morgan fingerprint density at radius 3 is 1.62 bits per heavy atom. The average molecular weight is 214 g/mol. The number of pyridine rings is 1. The van der Waals surface area contributed by atoms with Gasteiger partial charge in [0.1, 0.15) is 0 Å². The monoisotopic (exact) mass is 213 g/mol. The second kappa shape index (κ2) is 7.15. The van der Waals surface area contributed by atoms with Crippen molar-refractivity contribution < 1.29 is 14.2 Å². The van der Waals surface area contributed by atoms with Crippen molar-refractivity contribution in [3.8, 4) is 0 Å². The van der Waals surface area contributed by atoms with E-state index in [4.69, 9.17) is 0 Å². The molecule has 0 aliphatic heterocycles. The normalized spacial score (nSPS) is 6.75. The van der Waals surface area contributed by atoms with Gasteiger partial charge in [-0.05, 0) is 12.1 Å². The Kier molecular flexibility index (Phi) is 7.28. The van der Waals surface area contributed by atoms with Crippen molar-refractivity contribution in [3.63, 3.8) is 0 Å². The SMILES string of the molecule is [Mn][Br].c1ccncc1. The largest absolute Gasteiger partial charge is 0.265 e. The molecule has 0 atom stereocenters. The molecular formula is C5H5BrMnN. The molecule has 0 fully saturated rings. The molecule has 1 aromatic heterocycles. The smallest absolute Gasteiger partial charge is 0.0267 e. The molecule has 8 heavy (non-hydrogen) atoms. The molecule has 0 saturated heterocycles. The number of halogens is 1. The van der Waals surface area contributed by atoms with Crippen LogP contribution in [0.1, 0.15) is 0 Å². The predicted octanol–water partition coefficient (Wildman–Crippen LogP) is 1.92. The van der Waals surface area contributed by atoms with Gasteiger partial charge in [-0.3, -0.25) is 4.98 Å². The van der Waals surface area contributed by atoms with Crippen molar-refractivity contribution in [2.45, 2.75) is 0 Å². The molecule has 1 rings (SSSR count). The Morgan fingerprint density at radius 2 is 1.50 bits per heavy atom. The summed E-state index contributed by atoms with van der Waals surface area (Å²) < 4.78 is 0. The third kappa shape index (κ3) is 4.31. The molecule has 0 aliphatic rings. The fourth-order valence-electron chi connectivity index (χ4n) is 0.313. The standard InChI is InChI=1S/C5H5N.BrH.Mn/c1-2-4-6-5-3-1;;/h1-5H;1H;/q;;+1/p-1. The van der Waals surface area contributed by atoms with Crippen molar-refractivity contribution in [2.24, 2.45) is 0 Å². The molecule has 44 valence electrons. The van der Waals surface area contributed by atoms with E-state index in [-0.39, 0.29) is 0 Å². The van der Waals surface area contributed by atoms with Gasteiger partial charge >= 0.3 is 28.3 Å². The third-order valence-corrected chi connectivity index (χ3v) is 0.566. The van der Waals surface area contributed by atoms with Crippen molar-refractivity contribution in [2.75, 3.05) is 0 Å². The van der Waals surface area contributed by atoms with Crippen LogP contribution in [-0.2, 0) is 14.2 Å². The van der Waals surface area contributed by atoms with Gasteiger partial charge in [0, 0.05) is 12.4 Å². The second-order valence-electron chi connectivity index (χ2n) is 1.02. The Labute approximate surface area is 64.0 Å². The maximum Gasteiger partial charge on any atom is 0.0267 e. The van der Waals surface area contributed by atoms with Crippen molar-refractivity contribution >= 4 is 14.1 Å². The summed E-state index contributed by atoms with van der Waals surface area (Å²) in [5.41, 5.74) is 0. The van der Waals surface area contributed by atoms with Gasteiger partial charge in [-0.15, -0.1) is 0 Å². The van der Waals surface area contributed by atoms with Crippen molar-refractivity contribution in [1.29, 1.82) is 0 Å². The van der Waals surface area contributed by atoms with E-state index in [1.807, 2.05) is 18.2 Å². The number of rotatable bonds is 0. The molecular weight excluding hydrogens is 209 g/mol. The Hall–Kier alpha value is 0.149. The molecule has 3 heteroatoms. The predicted molar refractivity (Wildman–Crippen MR) is 33.2 cm³/mol. The summed E-state index contributed by atoms with van der Waals surface area (Å²) in [4.78, 5) is 3.78. The van der Waals surface area contributed by atoms with E-state index in [1.165, 1.54) is 0 Å². The van der Waals surface area contributed by atoms with Crippen LogP contribution in [0.15, 0.2) is 30.6 Å². The minimum Gasteiger partial charge on any atom is -0.265 e. The molecule has 0 bridgehead atoms. The van der Waals surface area contributed by atoms with Gasteiger partial charge in [-0.1, -0.05) is 6.07 Å². The van der Waals surface area contributed by atoms with Gasteiger partial charge < -0.3 is 0 Å². The quantitative estimate of drug-likeness (QED) is 0.601. The van der Waals surface area contributed by atoms with E-state index in [0.717, 1.165) is 0 Å². The number of hydrogen-bond acceptors (Lipinski definition) is 1. The van der Waals surface area contributed by atoms with Crippen LogP contribution in [0.25, 0.3) is 0 Å². The molecule has 0 N–H and O–H groups in total. The molecule has 0 radical (unpaired) electrons. The van der Waals surface area contributed by atoms with E-state index < -0.39 is 0 Å². The Balaban J connectivity index is 0.000000222. The first-order valence-corrected chi connectivity index (χ1v) is 4.91. The molecule has 1 aromatic rings. The van der Waals surface area contributed by atoms with Crippen LogP contribution in [-0.4, -0.2) is 4.98 Å². The van der Waals surface area contributed by atoms with E-state index in [0.29, 0.717) is 0 Å². The summed E-state index contributed by atoms with van der Waals surface area (Å²) in [5.74, 6) is 0. The molecule has 0 aromatic carbocycles. The van der Waals surface area contributed by atoms with Crippen LogP contribution in [0, 0.1) is 0 Å². The molecule has 0 spiro atoms. The van der Waals surface area contributed by atoms with Gasteiger partial charge in [0.25, 0.3) is 0 Å². The summed E-state index contributed by atoms with van der Waals surface area (Å²) >= 11 is 5.50. The minimum atomic E-state index is 1.75. The zero-order valence-corrected chi connectivity index (χ0v) is 6.86. The Bertz CT molecular complexity index is 84.4. The van der Waals surface area contributed by atoms with Crippen LogP contribution in [0.3, 0.4) is 0 Å². The summed E-state index contributed by atoms with van der Waals surface area (Å²) in [6, 6.07) is 5.72. The number of hydrogen-bond donors (Lipinski definition) is 0. The minimum absolute atomic E-state index is 1.75. The van der Waals surface area contributed by atoms with Crippen molar-refractivity contribution in [3.05, 3.63) is 30.6 Å². The van der Waals surface area contributed by atoms with E-state index in [2.05, 4.69) is 33.3 Å². The van der Waals surface area contributed by atoms with Crippen LogP contribution in [0.2, 0.25) is 0 Å². The van der Waals surface area contributed by atoms with E-state index in [1.54, 1.807) is 12.4 Å². The number of nitrogens with zero attached hydrogens (tertiary/aromatic N) is 1. The molecule has 0 aliphatic carbocycles. The van der Waals surface area contributed by atoms with E-state index in [9.17, 15) is 0 Å². The van der Waals surface area contributed by atoms with Crippen LogP contribution < -0.4 is 0 Å². The van der Waals surface area contributed by atoms with Crippen LogP contribution in [0.4, 0.5) is 0 Å². The first-order chi connectivity index (χ1) is 4.00. The summed E-state index contributed by atoms with van der Waals surface area (Å²) in [7, 11) is 0. The first-order valence-electron chi connectivity index (χ1n) is 1.99. The summed E-state index contributed by atoms with van der Waals surface area (Å²) in [6.45, 7) is 0. The van der Waals surface area contributed by atoms with Gasteiger partial charge in [0.15, 0.2) is 0 Å². The second-order valence-corrected chi connectivity index (χ2v) is 1.02. The fourth-order valence-corrected chi connectivity index (χ4v) is 0.313. The maximum atomic E-state index is 3.78. The van der Waals surface area contributed by atoms with Gasteiger partial charge in [-0.25, -0.2) is 0 Å². The van der Waals surface area contributed by atoms with Gasteiger partial charge in [0.2, 0.25) is 0 Å². The van der Waals surface area contributed by atoms with E-state index >= 15 is 0 Å². The topological polar surface area (TPSA) is 12.9 Å². The summed E-state index contributed by atoms with van der Waals surface area (Å²) in [5, 5.41) is 0. The van der Waals surface area contributed by atoms with Gasteiger partial charge in [0.05, 0.1) is 0 Å².